The summed E-state index contributed by atoms with van der Waals surface area (Å²) in [6.45, 7) is 0.640. The first-order chi connectivity index (χ1) is 13.8. The number of hydrogen-bond donors (Lipinski definition) is 2. The van der Waals surface area contributed by atoms with E-state index in [2.05, 4.69) is 56.8 Å². The maximum Gasteiger partial charge on any atom is 0.225 e. The molecule has 0 aliphatic carbocycles. The van der Waals surface area contributed by atoms with Gasteiger partial charge in [-0.25, -0.2) is 4.98 Å². The van der Waals surface area contributed by atoms with Gasteiger partial charge < -0.3 is 19.8 Å². The highest BCUT2D eigenvalue weighted by Crippen LogP contribution is 2.32. The molecule has 6 nitrogen and oxygen atoms in total. The van der Waals surface area contributed by atoms with Crippen molar-refractivity contribution in [1.82, 2.24) is 15.0 Å². The van der Waals surface area contributed by atoms with Crippen molar-refractivity contribution in [2.75, 3.05) is 26.1 Å². The van der Waals surface area contributed by atoms with Gasteiger partial charge in [0.05, 0.1) is 14.2 Å². The van der Waals surface area contributed by atoms with Crippen LogP contribution < -0.4 is 14.8 Å². The SMILES string of the molecule is COc1ccc(C(CNc2nccc(OC)n2)c2c[nH]c3ccccc23)cc1. The molecule has 2 aromatic carbocycles. The zero-order valence-corrected chi connectivity index (χ0v) is 15.8. The van der Waals surface area contributed by atoms with Crippen LogP contribution in [0.15, 0.2) is 67.0 Å². The second-order valence-electron chi connectivity index (χ2n) is 6.42. The van der Waals surface area contributed by atoms with Gasteiger partial charge in [-0.2, -0.15) is 4.98 Å². The summed E-state index contributed by atoms with van der Waals surface area (Å²) in [5.41, 5.74) is 3.52. The van der Waals surface area contributed by atoms with E-state index < -0.39 is 0 Å². The monoisotopic (exact) mass is 374 g/mol. The van der Waals surface area contributed by atoms with E-state index in [9.17, 15) is 0 Å². The second kappa shape index (κ2) is 8.00. The Balaban J connectivity index is 1.68. The van der Waals surface area contributed by atoms with E-state index in [-0.39, 0.29) is 5.92 Å². The Morgan fingerprint density at radius 1 is 1.00 bits per heavy atom. The molecule has 2 aromatic heterocycles. The molecule has 1 unspecified atom stereocenters. The average molecular weight is 374 g/mol. The van der Waals surface area contributed by atoms with Crippen LogP contribution in [-0.4, -0.2) is 35.7 Å². The van der Waals surface area contributed by atoms with Crippen molar-refractivity contribution in [3.05, 3.63) is 78.1 Å². The molecule has 0 saturated heterocycles. The second-order valence-corrected chi connectivity index (χ2v) is 6.42. The molecule has 0 bridgehead atoms. The van der Waals surface area contributed by atoms with Gasteiger partial charge in [-0.05, 0) is 29.3 Å². The molecular formula is C22H22N4O2. The zero-order valence-electron chi connectivity index (χ0n) is 15.8. The first kappa shape index (κ1) is 17.9. The Morgan fingerprint density at radius 2 is 1.82 bits per heavy atom. The summed E-state index contributed by atoms with van der Waals surface area (Å²) in [5, 5.41) is 4.56. The third kappa shape index (κ3) is 3.62. The van der Waals surface area contributed by atoms with Gasteiger partial charge in [-0.3, -0.25) is 0 Å². The van der Waals surface area contributed by atoms with Gasteiger partial charge in [0.1, 0.15) is 5.75 Å². The first-order valence-corrected chi connectivity index (χ1v) is 9.09. The lowest BCUT2D eigenvalue weighted by molar-refractivity contribution is 0.397. The van der Waals surface area contributed by atoms with E-state index in [0.29, 0.717) is 18.4 Å². The Kier molecular flexibility index (Phi) is 5.10. The van der Waals surface area contributed by atoms with Crippen LogP contribution in [0, 0.1) is 0 Å². The van der Waals surface area contributed by atoms with Crippen molar-refractivity contribution in [1.29, 1.82) is 0 Å². The number of nitrogens with zero attached hydrogens (tertiary/aromatic N) is 2. The molecule has 2 heterocycles. The average Bonchev–Trinajstić information content (AvgIpc) is 3.18. The number of aromatic amines is 1. The lowest BCUT2D eigenvalue weighted by Crippen LogP contribution is -2.15. The maximum absolute atomic E-state index is 5.31. The van der Waals surface area contributed by atoms with Crippen molar-refractivity contribution < 1.29 is 9.47 Å². The van der Waals surface area contributed by atoms with Crippen molar-refractivity contribution in [2.24, 2.45) is 0 Å². The third-order valence-electron chi connectivity index (χ3n) is 4.82. The van der Waals surface area contributed by atoms with Crippen LogP contribution in [0.4, 0.5) is 5.95 Å². The largest absolute Gasteiger partial charge is 0.497 e. The number of ether oxygens (including phenoxy) is 2. The van der Waals surface area contributed by atoms with Gasteiger partial charge in [0.15, 0.2) is 0 Å². The maximum atomic E-state index is 5.31. The van der Waals surface area contributed by atoms with Crippen LogP contribution in [0.5, 0.6) is 11.6 Å². The van der Waals surface area contributed by atoms with E-state index in [1.54, 1.807) is 26.5 Å². The van der Waals surface area contributed by atoms with Crippen molar-refractivity contribution in [3.63, 3.8) is 0 Å². The van der Waals surface area contributed by atoms with E-state index in [1.165, 1.54) is 16.5 Å². The minimum atomic E-state index is 0.108. The highest BCUT2D eigenvalue weighted by molar-refractivity contribution is 5.84. The number of benzene rings is 2. The van der Waals surface area contributed by atoms with E-state index >= 15 is 0 Å². The molecular weight excluding hydrogens is 352 g/mol. The molecule has 0 spiro atoms. The molecule has 0 aliphatic rings. The fourth-order valence-corrected chi connectivity index (χ4v) is 3.36. The summed E-state index contributed by atoms with van der Waals surface area (Å²) in [6, 6.07) is 18.2. The quantitative estimate of drug-likeness (QED) is 0.507. The predicted molar refractivity (Wildman–Crippen MR) is 110 cm³/mol. The van der Waals surface area contributed by atoms with Crippen molar-refractivity contribution >= 4 is 16.9 Å². The lowest BCUT2D eigenvalue weighted by Gasteiger charge is -2.18. The molecule has 142 valence electrons. The van der Waals surface area contributed by atoms with E-state index in [1.807, 2.05) is 18.2 Å². The van der Waals surface area contributed by atoms with E-state index in [4.69, 9.17) is 9.47 Å². The van der Waals surface area contributed by atoms with Crippen LogP contribution >= 0.6 is 0 Å². The Hall–Kier alpha value is -3.54. The van der Waals surface area contributed by atoms with Gasteiger partial charge in [-0.15, -0.1) is 0 Å². The Bertz CT molecular complexity index is 1060. The highest BCUT2D eigenvalue weighted by Gasteiger charge is 2.19. The summed E-state index contributed by atoms with van der Waals surface area (Å²) in [7, 11) is 3.27. The molecule has 6 heteroatoms. The number of nitrogens with one attached hydrogen (secondary N) is 2. The topological polar surface area (TPSA) is 72.1 Å². The first-order valence-electron chi connectivity index (χ1n) is 9.09. The number of anilines is 1. The third-order valence-corrected chi connectivity index (χ3v) is 4.82. The number of methoxy groups -OCH3 is 2. The Morgan fingerprint density at radius 3 is 2.61 bits per heavy atom. The minimum Gasteiger partial charge on any atom is -0.497 e. The van der Waals surface area contributed by atoms with Crippen molar-refractivity contribution in [3.8, 4) is 11.6 Å². The molecule has 0 fully saturated rings. The zero-order chi connectivity index (χ0) is 19.3. The summed E-state index contributed by atoms with van der Waals surface area (Å²) < 4.78 is 10.5. The molecule has 0 radical (unpaired) electrons. The van der Waals surface area contributed by atoms with Crippen LogP contribution in [0.2, 0.25) is 0 Å². The number of H-pyrrole nitrogens is 1. The fourth-order valence-electron chi connectivity index (χ4n) is 3.36. The van der Waals surface area contributed by atoms with Gasteiger partial charge in [0.25, 0.3) is 0 Å². The molecule has 0 aliphatic heterocycles. The molecule has 2 N–H and O–H groups in total. The number of fused-ring (bicyclic) bond motifs is 1. The fraction of sp³-hybridized carbons (Fsp3) is 0.182. The number of aromatic nitrogens is 3. The van der Waals surface area contributed by atoms with Crippen LogP contribution in [0.1, 0.15) is 17.0 Å². The van der Waals surface area contributed by atoms with Crippen molar-refractivity contribution in [2.45, 2.75) is 5.92 Å². The van der Waals surface area contributed by atoms with Gasteiger partial charge in [0, 0.05) is 41.8 Å². The van der Waals surface area contributed by atoms with Crippen LogP contribution in [-0.2, 0) is 0 Å². The number of rotatable bonds is 7. The standard InChI is InChI=1S/C22H22N4O2/c1-27-16-9-7-15(8-10-16)18(13-25-22-23-12-11-21(26-22)28-2)19-14-24-20-6-4-3-5-17(19)20/h3-12,14,18,24H,13H2,1-2H3,(H,23,25,26). The predicted octanol–water partition coefficient (Wildman–Crippen LogP) is 4.22. The molecule has 0 amide bonds. The minimum absolute atomic E-state index is 0.108. The number of para-hydroxylation sites is 1. The molecule has 4 aromatic rings. The summed E-state index contributed by atoms with van der Waals surface area (Å²) in [5.74, 6) is 2.02. The molecule has 4 rings (SSSR count). The number of hydrogen-bond acceptors (Lipinski definition) is 5. The van der Waals surface area contributed by atoms with Gasteiger partial charge in [0.2, 0.25) is 11.8 Å². The van der Waals surface area contributed by atoms with Gasteiger partial charge in [-0.1, -0.05) is 30.3 Å². The summed E-state index contributed by atoms with van der Waals surface area (Å²) >= 11 is 0. The van der Waals surface area contributed by atoms with Crippen LogP contribution in [0.3, 0.4) is 0 Å². The van der Waals surface area contributed by atoms with E-state index in [0.717, 1.165) is 11.3 Å². The summed E-state index contributed by atoms with van der Waals surface area (Å²) in [6.07, 6.45) is 3.76. The molecule has 1 atom stereocenters. The van der Waals surface area contributed by atoms with Crippen LogP contribution in [0.25, 0.3) is 10.9 Å². The normalized spacial score (nSPS) is 11.9. The molecule has 0 saturated carbocycles. The summed E-state index contributed by atoms with van der Waals surface area (Å²) in [4.78, 5) is 12.0. The smallest absolute Gasteiger partial charge is 0.225 e. The highest BCUT2D eigenvalue weighted by atomic mass is 16.5. The molecule has 28 heavy (non-hydrogen) atoms. The van der Waals surface area contributed by atoms with Gasteiger partial charge >= 0.3 is 0 Å². The lowest BCUT2D eigenvalue weighted by atomic mass is 9.91. The Labute approximate surface area is 163 Å².